The maximum absolute atomic E-state index is 4.14. The van der Waals surface area contributed by atoms with Crippen LogP contribution in [-0.2, 0) is 0 Å². The van der Waals surface area contributed by atoms with Crippen LogP contribution in [0.5, 0.6) is 0 Å². The summed E-state index contributed by atoms with van der Waals surface area (Å²) in [6.45, 7) is 12.5. The van der Waals surface area contributed by atoms with Gasteiger partial charge >= 0.3 is 0 Å². The molecule has 0 amide bonds. The van der Waals surface area contributed by atoms with Crippen molar-refractivity contribution in [3.8, 4) is 0 Å². The molecular weight excluding hydrogens is 182 g/mol. The fourth-order valence-electron chi connectivity index (χ4n) is 3.49. The van der Waals surface area contributed by atoms with Crippen LogP contribution in [0.4, 0.5) is 0 Å². The summed E-state index contributed by atoms with van der Waals surface area (Å²) < 4.78 is 0. The average Bonchev–Trinajstić information content (AvgIpc) is 2.17. The van der Waals surface area contributed by atoms with E-state index in [-0.39, 0.29) is 0 Å². The highest BCUT2D eigenvalue weighted by Crippen LogP contribution is 2.41. The van der Waals surface area contributed by atoms with E-state index in [1.807, 2.05) is 0 Å². The largest absolute Gasteiger partial charge is 0.295 e. The van der Waals surface area contributed by atoms with Gasteiger partial charge in [0.25, 0.3) is 0 Å². The molecule has 0 bridgehead atoms. The van der Waals surface area contributed by atoms with Crippen molar-refractivity contribution in [1.82, 2.24) is 4.90 Å². The minimum Gasteiger partial charge on any atom is -0.295 e. The van der Waals surface area contributed by atoms with Crippen molar-refractivity contribution >= 4 is 0 Å². The minimum atomic E-state index is 0.504. The monoisotopic (exact) mass is 207 g/mol. The third kappa shape index (κ3) is 1.99. The molecule has 86 valence electrons. The molecule has 0 radical (unpaired) electrons. The van der Waals surface area contributed by atoms with E-state index >= 15 is 0 Å². The highest BCUT2D eigenvalue weighted by molar-refractivity contribution is 5.05. The van der Waals surface area contributed by atoms with Crippen molar-refractivity contribution in [2.45, 2.75) is 64.5 Å². The standard InChI is InChI=1S/C14H25N/c1-11(2)13-7-9-14(4)8-5-6-12(3)15(14)10-13/h12-13H,1,5-10H2,2-4H3/t12-,13+,14-/m1/s1. The molecule has 0 saturated carbocycles. The summed E-state index contributed by atoms with van der Waals surface area (Å²) in [6.07, 6.45) is 6.94. The first-order chi connectivity index (χ1) is 7.03. The van der Waals surface area contributed by atoms with Crippen LogP contribution in [0.2, 0.25) is 0 Å². The zero-order valence-corrected chi connectivity index (χ0v) is 10.6. The van der Waals surface area contributed by atoms with E-state index in [2.05, 4.69) is 32.3 Å². The number of rotatable bonds is 1. The van der Waals surface area contributed by atoms with Gasteiger partial charge in [-0.1, -0.05) is 18.6 Å². The summed E-state index contributed by atoms with van der Waals surface area (Å²) in [4.78, 5) is 2.76. The molecule has 1 heteroatoms. The lowest BCUT2D eigenvalue weighted by molar-refractivity contribution is -0.0262. The lowest BCUT2D eigenvalue weighted by Gasteiger charge is -2.54. The van der Waals surface area contributed by atoms with Gasteiger partial charge in [-0.25, -0.2) is 0 Å². The number of hydrogen-bond donors (Lipinski definition) is 0. The smallest absolute Gasteiger partial charge is 0.0184 e. The van der Waals surface area contributed by atoms with Gasteiger partial charge in [0.1, 0.15) is 0 Å². The summed E-state index contributed by atoms with van der Waals surface area (Å²) in [5, 5.41) is 0. The molecule has 2 heterocycles. The molecule has 2 saturated heterocycles. The fraction of sp³-hybridized carbons (Fsp3) is 0.857. The van der Waals surface area contributed by atoms with Crippen LogP contribution in [0.15, 0.2) is 12.2 Å². The van der Waals surface area contributed by atoms with Crippen molar-refractivity contribution in [2.75, 3.05) is 6.54 Å². The van der Waals surface area contributed by atoms with Gasteiger partial charge in [0, 0.05) is 18.1 Å². The maximum Gasteiger partial charge on any atom is 0.0184 e. The normalized spacial score (nSPS) is 42.3. The second-order valence-corrected chi connectivity index (χ2v) is 5.97. The SMILES string of the molecule is C=C(C)[C@H]1CC[C@@]2(C)CCC[C@@H](C)N2C1. The van der Waals surface area contributed by atoms with Crippen LogP contribution < -0.4 is 0 Å². The Morgan fingerprint density at radius 3 is 2.73 bits per heavy atom. The van der Waals surface area contributed by atoms with Crippen molar-refractivity contribution < 1.29 is 0 Å². The number of hydrogen-bond acceptors (Lipinski definition) is 1. The zero-order chi connectivity index (χ0) is 11.1. The van der Waals surface area contributed by atoms with Gasteiger partial charge in [-0.15, -0.1) is 0 Å². The van der Waals surface area contributed by atoms with E-state index in [0.29, 0.717) is 5.54 Å². The van der Waals surface area contributed by atoms with Gasteiger partial charge in [-0.2, -0.15) is 0 Å². The van der Waals surface area contributed by atoms with E-state index in [4.69, 9.17) is 0 Å². The van der Waals surface area contributed by atoms with Gasteiger partial charge in [-0.3, -0.25) is 4.90 Å². The first kappa shape index (κ1) is 11.2. The Morgan fingerprint density at radius 1 is 1.33 bits per heavy atom. The van der Waals surface area contributed by atoms with Crippen LogP contribution in [0.25, 0.3) is 0 Å². The predicted octanol–water partition coefficient (Wildman–Crippen LogP) is 3.61. The van der Waals surface area contributed by atoms with Gasteiger partial charge in [-0.05, 0) is 52.4 Å². The van der Waals surface area contributed by atoms with Crippen molar-refractivity contribution in [3.63, 3.8) is 0 Å². The Morgan fingerprint density at radius 2 is 2.07 bits per heavy atom. The quantitative estimate of drug-likeness (QED) is 0.594. The highest BCUT2D eigenvalue weighted by atomic mass is 15.2. The first-order valence-corrected chi connectivity index (χ1v) is 6.45. The molecular formula is C14H25N. The third-order valence-corrected chi connectivity index (χ3v) is 4.71. The zero-order valence-electron chi connectivity index (χ0n) is 10.6. The van der Waals surface area contributed by atoms with Gasteiger partial charge in [0.2, 0.25) is 0 Å². The molecule has 0 spiro atoms. The Bertz CT molecular complexity index is 258. The summed E-state index contributed by atoms with van der Waals surface area (Å²) in [5.74, 6) is 0.749. The molecule has 0 aromatic heterocycles. The molecule has 2 fully saturated rings. The summed E-state index contributed by atoms with van der Waals surface area (Å²) >= 11 is 0. The number of piperidine rings is 2. The third-order valence-electron chi connectivity index (χ3n) is 4.71. The first-order valence-electron chi connectivity index (χ1n) is 6.45. The van der Waals surface area contributed by atoms with Crippen LogP contribution in [0, 0.1) is 5.92 Å². The van der Waals surface area contributed by atoms with E-state index in [0.717, 1.165) is 12.0 Å². The van der Waals surface area contributed by atoms with Gasteiger partial charge < -0.3 is 0 Å². The molecule has 2 rings (SSSR count). The van der Waals surface area contributed by atoms with E-state index < -0.39 is 0 Å². The lowest BCUT2D eigenvalue weighted by atomic mass is 9.74. The number of nitrogens with zero attached hydrogens (tertiary/aromatic N) is 1. The van der Waals surface area contributed by atoms with Crippen LogP contribution in [0.1, 0.15) is 52.9 Å². The predicted molar refractivity (Wildman–Crippen MR) is 66.0 cm³/mol. The van der Waals surface area contributed by atoms with Crippen molar-refractivity contribution in [1.29, 1.82) is 0 Å². The Kier molecular flexibility index (Phi) is 2.94. The molecule has 3 atom stereocenters. The Labute approximate surface area is 94.5 Å². The van der Waals surface area contributed by atoms with Crippen molar-refractivity contribution in [2.24, 2.45) is 5.92 Å². The molecule has 0 aromatic rings. The van der Waals surface area contributed by atoms with E-state index in [9.17, 15) is 0 Å². The van der Waals surface area contributed by atoms with E-state index in [1.54, 1.807) is 0 Å². The maximum atomic E-state index is 4.14. The fourth-order valence-corrected chi connectivity index (χ4v) is 3.49. The molecule has 2 aliphatic heterocycles. The molecule has 2 aliphatic rings. The van der Waals surface area contributed by atoms with Crippen LogP contribution >= 0.6 is 0 Å². The summed E-state index contributed by atoms with van der Waals surface area (Å²) in [6, 6.07) is 0.783. The molecule has 0 unspecified atom stereocenters. The Hall–Kier alpha value is -0.300. The molecule has 0 aliphatic carbocycles. The second kappa shape index (κ2) is 3.93. The van der Waals surface area contributed by atoms with Crippen LogP contribution in [0.3, 0.4) is 0 Å². The minimum absolute atomic E-state index is 0.504. The lowest BCUT2D eigenvalue weighted by Crippen LogP contribution is -2.58. The van der Waals surface area contributed by atoms with Crippen molar-refractivity contribution in [3.05, 3.63) is 12.2 Å². The number of fused-ring (bicyclic) bond motifs is 1. The average molecular weight is 207 g/mol. The second-order valence-electron chi connectivity index (χ2n) is 5.97. The van der Waals surface area contributed by atoms with Crippen LogP contribution in [-0.4, -0.2) is 23.0 Å². The van der Waals surface area contributed by atoms with E-state index in [1.165, 1.54) is 44.2 Å². The molecule has 0 N–H and O–H groups in total. The Balaban J connectivity index is 2.12. The van der Waals surface area contributed by atoms with Gasteiger partial charge in [0.05, 0.1) is 0 Å². The topological polar surface area (TPSA) is 3.24 Å². The molecule has 0 aromatic carbocycles. The summed E-state index contributed by atoms with van der Waals surface area (Å²) in [5.41, 5.74) is 1.89. The highest BCUT2D eigenvalue weighted by Gasteiger charge is 2.42. The summed E-state index contributed by atoms with van der Waals surface area (Å²) in [7, 11) is 0. The molecule has 1 nitrogen and oxygen atoms in total. The molecule has 15 heavy (non-hydrogen) atoms. The van der Waals surface area contributed by atoms with Gasteiger partial charge in [0.15, 0.2) is 0 Å².